The predicted octanol–water partition coefficient (Wildman–Crippen LogP) is 25.2. The maximum Gasteiger partial charge on any atom is 0.306 e. The SMILES string of the molecule is CCCCCCCCCCC/C=C/C(OC(=O)CCCCCCCCCCCCCCCCCCCCCCCCCCC)C(COP(=O)([O-])OCC[N+](C)(C)C)NC(=O)CCCCCCCCCCCCCCCCCCCCCCCCCCCCC. The fourth-order valence-corrected chi connectivity index (χ4v) is 13.3. The van der Waals surface area contributed by atoms with E-state index in [1.54, 1.807) is 0 Å². The molecule has 9 nitrogen and oxygen atoms in total. The van der Waals surface area contributed by atoms with E-state index in [4.69, 9.17) is 13.8 Å². The fourth-order valence-electron chi connectivity index (χ4n) is 12.6. The lowest BCUT2D eigenvalue weighted by Crippen LogP contribution is -2.47. The number of rotatable bonds is 75. The number of nitrogens with one attached hydrogen (secondary N) is 1. The summed E-state index contributed by atoms with van der Waals surface area (Å²) in [6, 6.07) is -0.881. The van der Waals surface area contributed by atoms with Gasteiger partial charge in [0, 0.05) is 12.8 Å². The van der Waals surface area contributed by atoms with Crippen LogP contribution in [0.15, 0.2) is 12.2 Å². The van der Waals surface area contributed by atoms with Crippen LogP contribution in [0.2, 0.25) is 0 Å². The molecule has 0 aliphatic carbocycles. The number of nitrogens with zero attached hydrogens (tertiary/aromatic N) is 1. The van der Waals surface area contributed by atoms with Gasteiger partial charge in [0.15, 0.2) is 0 Å². The van der Waals surface area contributed by atoms with Crippen LogP contribution in [0.25, 0.3) is 0 Å². The van der Waals surface area contributed by atoms with Gasteiger partial charge in [-0.15, -0.1) is 0 Å². The van der Waals surface area contributed by atoms with Gasteiger partial charge in [0.25, 0.3) is 7.82 Å². The van der Waals surface area contributed by atoms with E-state index in [2.05, 4.69) is 26.1 Å². The minimum absolute atomic E-state index is 0.0163. The second-order valence-electron chi connectivity index (χ2n) is 28.9. The van der Waals surface area contributed by atoms with Gasteiger partial charge in [-0.1, -0.05) is 399 Å². The molecule has 0 aromatic rings. The second kappa shape index (κ2) is 69.6. The van der Waals surface area contributed by atoms with Crippen molar-refractivity contribution in [2.75, 3.05) is 40.9 Å². The van der Waals surface area contributed by atoms with E-state index in [1.165, 1.54) is 340 Å². The number of likely N-dealkylation sites (N-methyl/N-ethyl adjacent to an activating group) is 1. The first kappa shape index (κ1) is 87.8. The summed E-state index contributed by atoms with van der Waals surface area (Å²) in [5.41, 5.74) is 0. The Bertz CT molecular complexity index is 1520. The molecule has 0 rings (SSSR count). The molecule has 0 radical (unpaired) electrons. The lowest BCUT2D eigenvalue weighted by molar-refractivity contribution is -0.870. The average molecular weight is 1280 g/mol. The van der Waals surface area contributed by atoms with Gasteiger partial charge in [0.05, 0.1) is 33.8 Å². The molecule has 0 bridgehead atoms. The number of quaternary nitrogens is 1. The molecule has 3 unspecified atom stereocenters. The van der Waals surface area contributed by atoms with Gasteiger partial charge in [0.1, 0.15) is 19.3 Å². The van der Waals surface area contributed by atoms with E-state index in [-0.39, 0.29) is 31.5 Å². The van der Waals surface area contributed by atoms with Crippen LogP contribution in [0.4, 0.5) is 0 Å². The Morgan fingerprint density at radius 1 is 0.382 bits per heavy atom. The van der Waals surface area contributed by atoms with E-state index < -0.39 is 20.0 Å². The standard InChI is InChI=1S/C79H157N2O7P/c1-7-10-13-16-19-22-25-27-29-31-33-35-37-39-40-42-43-45-47-49-51-53-56-59-62-65-68-71-78(82)80-76(75-87-89(84,85)86-74-73-81(4,5)6)77(70-67-64-61-58-55-24-21-18-15-12-9-3)88-79(83)72-69-66-63-60-57-54-52-50-48-46-44-41-38-36-34-32-30-28-26-23-20-17-14-11-8-2/h67,70,76-77H,7-66,68-69,71-75H2,1-6H3,(H-,80,82,84,85)/b70-67+. The number of carbonyl (C=O) groups is 2. The van der Waals surface area contributed by atoms with Crippen molar-refractivity contribution in [2.45, 2.75) is 444 Å². The van der Waals surface area contributed by atoms with Crippen LogP contribution in [0.3, 0.4) is 0 Å². The first-order valence-corrected chi connectivity index (χ1v) is 41.5. The zero-order chi connectivity index (χ0) is 64.9. The molecule has 530 valence electrons. The topological polar surface area (TPSA) is 114 Å². The minimum Gasteiger partial charge on any atom is -0.756 e. The summed E-state index contributed by atoms with van der Waals surface area (Å²) in [6.45, 7) is 6.94. The lowest BCUT2D eigenvalue weighted by Gasteiger charge is -2.30. The monoisotopic (exact) mass is 1280 g/mol. The third-order valence-electron chi connectivity index (χ3n) is 18.7. The van der Waals surface area contributed by atoms with Crippen molar-refractivity contribution in [3.63, 3.8) is 0 Å². The number of phosphoric ester groups is 1. The summed E-state index contributed by atoms with van der Waals surface area (Å²) in [7, 11) is 1.22. The van der Waals surface area contributed by atoms with Gasteiger partial charge in [-0.2, -0.15) is 0 Å². The van der Waals surface area contributed by atoms with Gasteiger partial charge in [-0.3, -0.25) is 14.2 Å². The molecule has 1 N–H and O–H groups in total. The number of allylic oxidation sites excluding steroid dienone is 1. The van der Waals surface area contributed by atoms with E-state index in [9.17, 15) is 19.0 Å². The van der Waals surface area contributed by atoms with Gasteiger partial charge < -0.3 is 28.5 Å². The zero-order valence-corrected chi connectivity index (χ0v) is 61.8. The van der Waals surface area contributed by atoms with Gasteiger partial charge >= 0.3 is 5.97 Å². The number of ether oxygens (including phenoxy) is 1. The third-order valence-corrected chi connectivity index (χ3v) is 19.7. The van der Waals surface area contributed by atoms with Crippen molar-refractivity contribution in [3.8, 4) is 0 Å². The minimum atomic E-state index is -4.70. The van der Waals surface area contributed by atoms with E-state index >= 15 is 0 Å². The number of esters is 1. The molecular formula is C79H157N2O7P. The van der Waals surface area contributed by atoms with Crippen molar-refractivity contribution in [1.82, 2.24) is 5.32 Å². The first-order chi connectivity index (χ1) is 43.4. The molecule has 1 amide bonds. The molecule has 89 heavy (non-hydrogen) atoms. The number of unbranched alkanes of at least 4 members (excludes halogenated alkanes) is 59. The summed E-state index contributed by atoms with van der Waals surface area (Å²) >= 11 is 0. The van der Waals surface area contributed by atoms with Crippen molar-refractivity contribution in [2.24, 2.45) is 0 Å². The molecule has 0 spiro atoms. The van der Waals surface area contributed by atoms with E-state index in [1.807, 2.05) is 33.3 Å². The predicted molar refractivity (Wildman–Crippen MR) is 386 cm³/mol. The molecule has 0 aliphatic rings. The number of carbonyl (C=O) groups excluding carboxylic acids is 2. The van der Waals surface area contributed by atoms with Crippen molar-refractivity contribution < 1.29 is 37.3 Å². The van der Waals surface area contributed by atoms with Gasteiger partial charge in [-0.25, -0.2) is 0 Å². The van der Waals surface area contributed by atoms with Crippen LogP contribution in [-0.2, 0) is 27.9 Å². The number of hydrogen-bond acceptors (Lipinski definition) is 7. The Hall–Kier alpha value is -1.25. The highest BCUT2D eigenvalue weighted by Gasteiger charge is 2.27. The molecule has 0 aliphatic heterocycles. The quantitative estimate of drug-likeness (QED) is 0.0212. The average Bonchev–Trinajstić information content (AvgIpc) is 3.71. The molecule has 0 saturated heterocycles. The van der Waals surface area contributed by atoms with Crippen molar-refractivity contribution >= 4 is 19.7 Å². The Balaban J connectivity index is 4.82. The highest BCUT2D eigenvalue weighted by Crippen LogP contribution is 2.38. The van der Waals surface area contributed by atoms with Crippen LogP contribution < -0.4 is 10.2 Å². The number of hydrogen-bond donors (Lipinski definition) is 1. The fraction of sp³-hybridized carbons (Fsp3) is 0.949. The summed E-state index contributed by atoms with van der Waals surface area (Å²) in [4.78, 5) is 40.3. The van der Waals surface area contributed by atoms with Crippen LogP contribution in [0.1, 0.15) is 432 Å². The van der Waals surface area contributed by atoms with Gasteiger partial charge in [0.2, 0.25) is 5.91 Å². The van der Waals surface area contributed by atoms with Crippen LogP contribution in [-0.4, -0.2) is 69.4 Å². The smallest absolute Gasteiger partial charge is 0.306 e. The Labute approximate surface area is 556 Å². The van der Waals surface area contributed by atoms with Gasteiger partial charge in [-0.05, 0) is 31.8 Å². The Morgan fingerprint density at radius 2 is 0.640 bits per heavy atom. The molecule has 0 saturated carbocycles. The summed E-state index contributed by atoms with van der Waals surface area (Å²) in [5, 5.41) is 3.06. The molecule has 0 fully saturated rings. The second-order valence-corrected chi connectivity index (χ2v) is 30.4. The molecule has 0 aromatic carbocycles. The van der Waals surface area contributed by atoms with E-state index in [0.29, 0.717) is 17.4 Å². The maximum atomic E-state index is 13.6. The Morgan fingerprint density at radius 3 is 0.921 bits per heavy atom. The van der Waals surface area contributed by atoms with Crippen LogP contribution >= 0.6 is 7.82 Å². The zero-order valence-electron chi connectivity index (χ0n) is 60.9. The van der Waals surface area contributed by atoms with Crippen LogP contribution in [0.5, 0.6) is 0 Å². The molecule has 0 aromatic heterocycles. The molecule has 3 atom stereocenters. The highest BCUT2D eigenvalue weighted by atomic mass is 31.2. The third kappa shape index (κ3) is 70.9. The number of phosphoric acid groups is 1. The van der Waals surface area contributed by atoms with Crippen LogP contribution in [0, 0.1) is 0 Å². The normalized spacial score (nSPS) is 13.4. The van der Waals surface area contributed by atoms with E-state index in [0.717, 1.165) is 57.8 Å². The Kier molecular flexibility index (Phi) is 68.6. The molecular weight excluding hydrogens is 1120 g/mol. The lowest BCUT2D eigenvalue weighted by atomic mass is 10.0. The van der Waals surface area contributed by atoms with Crippen molar-refractivity contribution in [3.05, 3.63) is 12.2 Å². The molecule has 10 heteroatoms. The first-order valence-electron chi connectivity index (χ1n) is 40.0. The largest absolute Gasteiger partial charge is 0.756 e. The molecule has 0 heterocycles. The maximum absolute atomic E-state index is 13.6. The summed E-state index contributed by atoms with van der Waals surface area (Å²) in [5.74, 6) is -0.510. The number of amides is 1. The summed E-state index contributed by atoms with van der Waals surface area (Å²) in [6.07, 6.45) is 85.2. The highest BCUT2D eigenvalue weighted by molar-refractivity contribution is 7.45. The summed E-state index contributed by atoms with van der Waals surface area (Å²) < 4.78 is 30.5. The van der Waals surface area contributed by atoms with Crippen molar-refractivity contribution in [1.29, 1.82) is 0 Å².